The highest BCUT2D eigenvalue weighted by Gasteiger charge is 2.16. The molecule has 0 fully saturated rings. The molecular weight excluding hydrogens is 305 g/mol. The third-order valence-corrected chi connectivity index (χ3v) is 3.67. The Morgan fingerprint density at radius 1 is 1.10 bits per heavy atom. The summed E-state index contributed by atoms with van der Waals surface area (Å²) in [5.74, 6) is 4.50. The van der Waals surface area contributed by atoms with Crippen molar-refractivity contribution in [2.45, 2.75) is 12.5 Å². The monoisotopic (exact) mass is 316 g/mol. The third kappa shape index (κ3) is 3.27. The highest BCUT2D eigenvalue weighted by atomic mass is 35.5. The number of hydrazine groups is 1. The summed E-state index contributed by atoms with van der Waals surface area (Å²) in [6, 6.07) is 8.49. The molecule has 3 N–H and O–H groups in total. The minimum absolute atomic E-state index is 0.0173. The lowest BCUT2D eigenvalue weighted by atomic mass is 9.99. The molecule has 2 rings (SSSR count). The lowest BCUT2D eigenvalue weighted by Crippen LogP contribution is -2.30. The molecule has 6 heteroatoms. The van der Waals surface area contributed by atoms with Crippen LogP contribution in [-0.2, 0) is 6.42 Å². The SMILES string of the molecule is NNC(Cc1ccc(F)c(Cl)c1)c1cccc(F)c1Cl. The van der Waals surface area contributed by atoms with Crippen LogP contribution in [-0.4, -0.2) is 0 Å². The molecular formula is C14H12Cl2F2N2. The van der Waals surface area contributed by atoms with E-state index >= 15 is 0 Å². The van der Waals surface area contributed by atoms with Gasteiger partial charge in [-0.15, -0.1) is 0 Å². The van der Waals surface area contributed by atoms with Gasteiger partial charge in [0.1, 0.15) is 11.6 Å². The van der Waals surface area contributed by atoms with Crippen LogP contribution in [0.1, 0.15) is 17.2 Å². The molecule has 0 aliphatic rings. The molecule has 0 radical (unpaired) electrons. The fraction of sp³-hybridized carbons (Fsp3) is 0.143. The molecule has 1 unspecified atom stereocenters. The van der Waals surface area contributed by atoms with Crippen molar-refractivity contribution >= 4 is 23.2 Å². The van der Waals surface area contributed by atoms with E-state index in [1.165, 1.54) is 18.2 Å². The maximum absolute atomic E-state index is 13.5. The molecule has 0 amide bonds. The summed E-state index contributed by atoms with van der Waals surface area (Å²) in [5, 5.41) is 0.0484. The van der Waals surface area contributed by atoms with Gasteiger partial charge in [-0.1, -0.05) is 41.4 Å². The second kappa shape index (κ2) is 6.50. The summed E-state index contributed by atoms with van der Waals surface area (Å²) in [7, 11) is 0. The lowest BCUT2D eigenvalue weighted by Gasteiger charge is -2.18. The summed E-state index contributed by atoms with van der Waals surface area (Å²) >= 11 is 11.7. The van der Waals surface area contributed by atoms with Gasteiger partial charge in [-0.3, -0.25) is 11.3 Å². The average molecular weight is 317 g/mol. The fourth-order valence-corrected chi connectivity index (χ4v) is 2.41. The number of benzene rings is 2. The fourth-order valence-electron chi connectivity index (χ4n) is 1.95. The van der Waals surface area contributed by atoms with E-state index in [1.807, 2.05) is 0 Å². The Kier molecular flexibility index (Phi) is 4.94. The molecule has 106 valence electrons. The Hall–Kier alpha value is -1.20. The Morgan fingerprint density at radius 3 is 2.50 bits per heavy atom. The van der Waals surface area contributed by atoms with Crippen LogP contribution in [0, 0.1) is 11.6 Å². The van der Waals surface area contributed by atoms with Gasteiger partial charge in [0.2, 0.25) is 0 Å². The van der Waals surface area contributed by atoms with Crippen LogP contribution in [0.25, 0.3) is 0 Å². The van der Waals surface area contributed by atoms with Crippen LogP contribution in [0.4, 0.5) is 8.78 Å². The number of hydrogen-bond acceptors (Lipinski definition) is 2. The van der Waals surface area contributed by atoms with Gasteiger partial charge in [0.15, 0.2) is 0 Å². The molecule has 20 heavy (non-hydrogen) atoms. The van der Waals surface area contributed by atoms with E-state index < -0.39 is 17.7 Å². The Balaban J connectivity index is 2.28. The Morgan fingerprint density at radius 2 is 1.85 bits per heavy atom. The lowest BCUT2D eigenvalue weighted by molar-refractivity contribution is 0.544. The molecule has 0 heterocycles. The second-order valence-electron chi connectivity index (χ2n) is 4.31. The molecule has 0 bridgehead atoms. The molecule has 0 saturated heterocycles. The molecule has 0 spiro atoms. The van der Waals surface area contributed by atoms with Crippen molar-refractivity contribution in [2.24, 2.45) is 5.84 Å². The molecule has 0 aliphatic heterocycles. The van der Waals surface area contributed by atoms with E-state index in [9.17, 15) is 8.78 Å². The van der Waals surface area contributed by atoms with Crippen LogP contribution in [0.3, 0.4) is 0 Å². The van der Waals surface area contributed by atoms with Crippen molar-refractivity contribution in [1.82, 2.24) is 5.43 Å². The first-order valence-corrected chi connectivity index (χ1v) is 6.62. The molecule has 1 atom stereocenters. The van der Waals surface area contributed by atoms with Gasteiger partial charge in [0.05, 0.1) is 16.1 Å². The molecule has 0 saturated carbocycles. The van der Waals surface area contributed by atoms with Crippen molar-refractivity contribution in [2.75, 3.05) is 0 Å². The molecule has 0 aromatic heterocycles. The number of rotatable bonds is 4. The van der Waals surface area contributed by atoms with Crippen molar-refractivity contribution in [3.8, 4) is 0 Å². The van der Waals surface area contributed by atoms with Crippen LogP contribution in [0.15, 0.2) is 36.4 Å². The van der Waals surface area contributed by atoms with Crippen LogP contribution < -0.4 is 11.3 Å². The van der Waals surface area contributed by atoms with E-state index in [-0.39, 0.29) is 10.0 Å². The number of hydrogen-bond donors (Lipinski definition) is 2. The first-order chi connectivity index (χ1) is 9.52. The van der Waals surface area contributed by atoms with Gasteiger partial charge < -0.3 is 0 Å². The zero-order chi connectivity index (χ0) is 14.7. The largest absolute Gasteiger partial charge is 0.271 e. The third-order valence-electron chi connectivity index (χ3n) is 2.98. The highest BCUT2D eigenvalue weighted by Crippen LogP contribution is 2.28. The van der Waals surface area contributed by atoms with E-state index in [0.29, 0.717) is 12.0 Å². The first kappa shape index (κ1) is 15.2. The predicted molar refractivity (Wildman–Crippen MR) is 76.6 cm³/mol. The number of halogens is 4. The molecule has 0 aliphatic carbocycles. The van der Waals surface area contributed by atoms with E-state index in [2.05, 4.69) is 5.43 Å². The topological polar surface area (TPSA) is 38.0 Å². The quantitative estimate of drug-likeness (QED) is 0.660. The van der Waals surface area contributed by atoms with Crippen LogP contribution in [0.2, 0.25) is 10.0 Å². The summed E-state index contributed by atoms with van der Waals surface area (Å²) in [5.41, 5.74) is 3.88. The highest BCUT2D eigenvalue weighted by molar-refractivity contribution is 6.31. The van der Waals surface area contributed by atoms with E-state index in [4.69, 9.17) is 29.0 Å². The number of nitrogens with two attached hydrogens (primary N) is 1. The van der Waals surface area contributed by atoms with Gasteiger partial charge in [-0.25, -0.2) is 8.78 Å². The molecule has 2 nitrogen and oxygen atoms in total. The van der Waals surface area contributed by atoms with E-state index in [0.717, 1.165) is 5.56 Å². The summed E-state index contributed by atoms with van der Waals surface area (Å²) in [4.78, 5) is 0. The zero-order valence-electron chi connectivity index (χ0n) is 10.3. The Bertz CT molecular complexity index is 620. The first-order valence-electron chi connectivity index (χ1n) is 5.87. The predicted octanol–water partition coefficient (Wildman–Crippen LogP) is 4.02. The van der Waals surface area contributed by atoms with Gasteiger partial charge in [-0.05, 0) is 35.7 Å². The van der Waals surface area contributed by atoms with Gasteiger partial charge >= 0.3 is 0 Å². The minimum Gasteiger partial charge on any atom is -0.271 e. The summed E-state index contributed by atoms with van der Waals surface area (Å²) in [6.07, 6.45) is 0.402. The summed E-state index contributed by atoms with van der Waals surface area (Å²) in [6.45, 7) is 0. The maximum Gasteiger partial charge on any atom is 0.142 e. The van der Waals surface area contributed by atoms with Crippen LogP contribution >= 0.6 is 23.2 Å². The second-order valence-corrected chi connectivity index (χ2v) is 5.10. The van der Waals surface area contributed by atoms with Crippen LogP contribution in [0.5, 0.6) is 0 Å². The zero-order valence-corrected chi connectivity index (χ0v) is 11.8. The van der Waals surface area contributed by atoms with Gasteiger partial charge in [0, 0.05) is 0 Å². The van der Waals surface area contributed by atoms with Crippen molar-refractivity contribution in [3.63, 3.8) is 0 Å². The summed E-state index contributed by atoms with van der Waals surface area (Å²) < 4.78 is 26.6. The standard InChI is InChI=1S/C14H12Cl2F2N2/c15-10-6-8(4-5-11(10)17)7-13(20-19)9-2-1-3-12(18)14(9)16/h1-6,13,20H,7,19H2. The van der Waals surface area contributed by atoms with Crippen molar-refractivity contribution in [3.05, 3.63) is 69.2 Å². The van der Waals surface area contributed by atoms with Crippen molar-refractivity contribution < 1.29 is 8.78 Å². The minimum atomic E-state index is -0.512. The maximum atomic E-state index is 13.5. The molecule has 2 aromatic rings. The Labute approximate surface area is 125 Å². The van der Waals surface area contributed by atoms with E-state index in [1.54, 1.807) is 18.2 Å². The number of nitrogens with one attached hydrogen (secondary N) is 1. The van der Waals surface area contributed by atoms with Gasteiger partial charge in [0.25, 0.3) is 0 Å². The normalized spacial score (nSPS) is 12.4. The average Bonchev–Trinajstić information content (AvgIpc) is 2.43. The molecule has 2 aromatic carbocycles. The van der Waals surface area contributed by atoms with Gasteiger partial charge in [-0.2, -0.15) is 0 Å². The van der Waals surface area contributed by atoms with Crippen molar-refractivity contribution in [1.29, 1.82) is 0 Å². The smallest absolute Gasteiger partial charge is 0.142 e.